The zero-order chi connectivity index (χ0) is 20.1. The zero-order valence-electron chi connectivity index (χ0n) is 17.7. The summed E-state index contributed by atoms with van der Waals surface area (Å²) in [4.78, 5) is 23.7. The molecule has 160 valence electrons. The maximum atomic E-state index is 12.2. The number of amides is 2. The van der Waals surface area contributed by atoms with Crippen LogP contribution in [0.4, 0.5) is 10.6 Å². The van der Waals surface area contributed by atoms with E-state index >= 15 is 0 Å². The normalized spacial score (nSPS) is 25.2. The molecule has 1 atom stereocenters. The van der Waals surface area contributed by atoms with Gasteiger partial charge in [0, 0.05) is 64.7 Å². The number of carbonyl (C=O) groups excluding carboxylic acids is 1. The molecule has 1 aromatic rings. The number of nitrogens with zero attached hydrogens (tertiary/aromatic N) is 4. The van der Waals surface area contributed by atoms with E-state index in [0.29, 0.717) is 6.04 Å². The largest absolute Gasteiger partial charge is 0.375 e. The van der Waals surface area contributed by atoms with E-state index in [1.165, 1.54) is 0 Å². The van der Waals surface area contributed by atoms with Gasteiger partial charge < -0.3 is 19.9 Å². The lowest BCUT2D eigenvalue weighted by molar-refractivity contribution is -0.129. The van der Waals surface area contributed by atoms with Crippen molar-refractivity contribution in [1.29, 1.82) is 0 Å². The van der Waals surface area contributed by atoms with E-state index in [4.69, 9.17) is 4.74 Å². The first-order valence-corrected chi connectivity index (χ1v) is 11.3. The smallest absolute Gasteiger partial charge is 0.317 e. The average molecular weight is 402 g/mol. The summed E-state index contributed by atoms with van der Waals surface area (Å²) in [5.41, 5.74) is -0.0391. The van der Waals surface area contributed by atoms with Gasteiger partial charge in [-0.2, -0.15) is 0 Å². The molecule has 1 aromatic heterocycles. The van der Waals surface area contributed by atoms with Gasteiger partial charge in [0.15, 0.2) is 0 Å². The van der Waals surface area contributed by atoms with Gasteiger partial charge in [-0.25, -0.2) is 9.78 Å². The van der Waals surface area contributed by atoms with E-state index in [1.807, 2.05) is 17.2 Å². The van der Waals surface area contributed by atoms with E-state index in [1.54, 1.807) is 0 Å². The van der Waals surface area contributed by atoms with E-state index < -0.39 is 0 Å². The number of aromatic nitrogens is 1. The number of carbonyl (C=O) groups is 1. The third-order valence-corrected chi connectivity index (χ3v) is 6.76. The summed E-state index contributed by atoms with van der Waals surface area (Å²) in [7, 11) is 0. The molecule has 3 fully saturated rings. The van der Waals surface area contributed by atoms with Gasteiger partial charge in [0.25, 0.3) is 0 Å². The Kier molecular flexibility index (Phi) is 6.55. The molecule has 0 aromatic carbocycles. The van der Waals surface area contributed by atoms with Crippen molar-refractivity contribution >= 4 is 11.8 Å². The van der Waals surface area contributed by atoms with Crippen molar-refractivity contribution in [2.24, 2.45) is 0 Å². The van der Waals surface area contributed by atoms with Crippen LogP contribution in [-0.2, 0) is 4.74 Å². The number of ether oxygens (including phenoxy) is 1. The van der Waals surface area contributed by atoms with Gasteiger partial charge in [0.05, 0.1) is 5.60 Å². The number of nitrogens with one attached hydrogen (secondary N) is 1. The maximum Gasteiger partial charge on any atom is 0.317 e. The van der Waals surface area contributed by atoms with E-state index in [0.717, 1.165) is 90.3 Å². The Morgan fingerprint density at radius 1 is 1.21 bits per heavy atom. The maximum absolute atomic E-state index is 12.2. The lowest BCUT2D eigenvalue weighted by Crippen LogP contribution is -2.58. The van der Waals surface area contributed by atoms with Crippen LogP contribution >= 0.6 is 0 Å². The molecule has 7 nitrogen and oxygen atoms in total. The summed E-state index contributed by atoms with van der Waals surface area (Å²) >= 11 is 0. The van der Waals surface area contributed by atoms with Gasteiger partial charge in [0.2, 0.25) is 0 Å². The molecule has 0 bridgehead atoms. The van der Waals surface area contributed by atoms with Crippen molar-refractivity contribution < 1.29 is 9.53 Å². The number of likely N-dealkylation sites (tertiary alicyclic amines) is 1. The van der Waals surface area contributed by atoms with Crippen molar-refractivity contribution in [3.8, 4) is 0 Å². The first kappa shape index (κ1) is 20.4. The molecule has 0 radical (unpaired) electrons. The van der Waals surface area contributed by atoms with E-state index in [-0.39, 0.29) is 11.6 Å². The summed E-state index contributed by atoms with van der Waals surface area (Å²) in [5.74, 6) is 1.09. The molecule has 4 rings (SSSR count). The minimum atomic E-state index is -0.0391. The predicted octanol–water partition coefficient (Wildman–Crippen LogP) is 2.34. The number of anilines is 1. The van der Waals surface area contributed by atoms with Crippen molar-refractivity contribution in [2.75, 3.05) is 57.3 Å². The molecule has 4 heterocycles. The average Bonchev–Trinajstić information content (AvgIpc) is 2.79. The highest BCUT2D eigenvalue weighted by atomic mass is 16.5. The van der Waals surface area contributed by atoms with E-state index in [2.05, 4.69) is 39.2 Å². The number of urea groups is 1. The second kappa shape index (κ2) is 9.30. The second-order valence-corrected chi connectivity index (χ2v) is 8.61. The van der Waals surface area contributed by atoms with Crippen molar-refractivity contribution in [2.45, 2.75) is 50.7 Å². The standard InChI is InChI=1S/C22H35N5O2/c1-2-9-24-21(28)27-11-7-22(8-12-27)18-19(6-17-29-22)25-13-15-26(16-14-25)20-5-3-4-10-23-20/h3-5,10,19H,2,6-9,11-18H2,1H3,(H,24,28). The van der Waals surface area contributed by atoms with Gasteiger partial charge >= 0.3 is 6.03 Å². The van der Waals surface area contributed by atoms with Crippen LogP contribution in [-0.4, -0.2) is 84.9 Å². The summed E-state index contributed by atoms with van der Waals surface area (Å²) < 4.78 is 6.32. The van der Waals surface area contributed by atoms with Crippen LogP contribution < -0.4 is 10.2 Å². The number of piperidine rings is 1. The van der Waals surface area contributed by atoms with Gasteiger partial charge in [-0.3, -0.25) is 4.90 Å². The third-order valence-electron chi connectivity index (χ3n) is 6.76. The predicted molar refractivity (Wildman–Crippen MR) is 114 cm³/mol. The Morgan fingerprint density at radius 2 is 2.00 bits per heavy atom. The van der Waals surface area contributed by atoms with Crippen LogP contribution in [0.2, 0.25) is 0 Å². The monoisotopic (exact) mass is 401 g/mol. The van der Waals surface area contributed by atoms with Gasteiger partial charge in [-0.1, -0.05) is 13.0 Å². The Hall–Kier alpha value is -1.86. The molecule has 1 unspecified atom stereocenters. The Morgan fingerprint density at radius 3 is 2.69 bits per heavy atom. The molecule has 2 amide bonds. The number of hydrogen-bond donors (Lipinski definition) is 1. The first-order valence-electron chi connectivity index (χ1n) is 11.3. The number of hydrogen-bond acceptors (Lipinski definition) is 5. The minimum absolute atomic E-state index is 0.0391. The van der Waals surface area contributed by atoms with Crippen LogP contribution in [0, 0.1) is 0 Å². The summed E-state index contributed by atoms with van der Waals surface area (Å²) in [5, 5.41) is 3.00. The number of pyridine rings is 1. The topological polar surface area (TPSA) is 60.9 Å². The van der Waals surface area contributed by atoms with E-state index in [9.17, 15) is 4.79 Å². The quantitative estimate of drug-likeness (QED) is 0.839. The molecule has 3 aliphatic rings. The fourth-order valence-electron chi connectivity index (χ4n) is 4.98. The fraction of sp³-hybridized carbons (Fsp3) is 0.727. The molecule has 3 saturated heterocycles. The Labute approximate surface area is 174 Å². The molecule has 3 aliphatic heterocycles. The van der Waals surface area contributed by atoms with Crippen LogP contribution in [0.1, 0.15) is 39.0 Å². The molecular weight excluding hydrogens is 366 g/mol. The number of piperazine rings is 1. The summed E-state index contributed by atoms with van der Waals surface area (Å²) in [6, 6.07) is 6.81. The second-order valence-electron chi connectivity index (χ2n) is 8.61. The number of rotatable bonds is 4. The van der Waals surface area contributed by atoms with Crippen LogP contribution in [0.25, 0.3) is 0 Å². The van der Waals surface area contributed by atoms with Crippen molar-refractivity contribution in [1.82, 2.24) is 20.1 Å². The minimum Gasteiger partial charge on any atom is -0.375 e. The highest BCUT2D eigenvalue weighted by Gasteiger charge is 2.42. The first-order chi connectivity index (χ1) is 14.2. The molecule has 29 heavy (non-hydrogen) atoms. The molecule has 1 spiro atoms. The highest BCUT2D eigenvalue weighted by Crippen LogP contribution is 2.37. The molecular formula is C22H35N5O2. The van der Waals surface area contributed by atoms with Gasteiger partial charge in [0.1, 0.15) is 5.82 Å². The van der Waals surface area contributed by atoms with Gasteiger partial charge in [-0.05, 0) is 44.2 Å². The molecule has 7 heteroatoms. The van der Waals surface area contributed by atoms with Crippen molar-refractivity contribution in [3.63, 3.8) is 0 Å². The molecule has 1 N–H and O–H groups in total. The van der Waals surface area contributed by atoms with Crippen LogP contribution in [0.3, 0.4) is 0 Å². The van der Waals surface area contributed by atoms with Crippen LogP contribution in [0.15, 0.2) is 24.4 Å². The lowest BCUT2D eigenvalue weighted by atomic mass is 9.81. The Bertz CT molecular complexity index is 654. The summed E-state index contributed by atoms with van der Waals surface area (Å²) in [6.45, 7) is 9.52. The zero-order valence-corrected chi connectivity index (χ0v) is 17.7. The van der Waals surface area contributed by atoms with Crippen molar-refractivity contribution in [3.05, 3.63) is 24.4 Å². The van der Waals surface area contributed by atoms with Crippen LogP contribution in [0.5, 0.6) is 0 Å². The molecule has 0 aliphatic carbocycles. The lowest BCUT2D eigenvalue weighted by Gasteiger charge is -2.49. The highest BCUT2D eigenvalue weighted by molar-refractivity contribution is 5.74. The third kappa shape index (κ3) is 4.83. The fourth-order valence-corrected chi connectivity index (χ4v) is 4.98. The van der Waals surface area contributed by atoms with Gasteiger partial charge in [-0.15, -0.1) is 0 Å². The Balaban J connectivity index is 1.28. The summed E-state index contributed by atoms with van der Waals surface area (Å²) in [6.07, 6.45) is 6.97. The molecule has 0 saturated carbocycles. The SMILES string of the molecule is CCCNC(=O)N1CCC2(CC1)CC(N1CCN(c3ccccn3)CC1)CCO2.